The van der Waals surface area contributed by atoms with Gasteiger partial charge in [0.25, 0.3) is 5.96 Å². The van der Waals surface area contributed by atoms with Crippen LogP contribution in [0.1, 0.15) is 90.2 Å². The second kappa shape index (κ2) is 64.5. The third kappa shape index (κ3) is 68.4. The van der Waals surface area contributed by atoms with Crippen LogP contribution >= 0.6 is 46.4 Å². The number of halogens is 4. The summed E-state index contributed by atoms with van der Waals surface area (Å²) in [7, 11) is 0. The summed E-state index contributed by atoms with van der Waals surface area (Å²) in [6.07, 6.45) is 13.1. The zero-order chi connectivity index (χ0) is 56.5. The van der Waals surface area contributed by atoms with Gasteiger partial charge in [0.2, 0.25) is 0 Å². The molecule has 0 bridgehead atoms. The molecule has 0 saturated heterocycles. The summed E-state index contributed by atoms with van der Waals surface area (Å²) < 4.78 is 0. The molecular formula is C51H68Cl4N18Na2. The molecule has 0 saturated carbocycles. The van der Waals surface area contributed by atoms with Crippen LogP contribution in [0, 0.1) is 80.0 Å². The van der Waals surface area contributed by atoms with E-state index in [-0.39, 0.29) is 71.5 Å². The second-order valence-electron chi connectivity index (χ2n) is 13.8. The molecule has 0 atom stereocenters. The Balaban J connectivity index is -0.000000144. The standard InChI is InChI=1S/C14H19ClN2.C10H9ClN2.2C6H6ClN.C5H10N4.2C3H9N.2C2N3.2Na/c1-2-3-4-13(16)10-14(17)9-11-5-7-12(15)8-6-11;11-9-3-1-8(2-4-9)7-10(13)5-6-12;2*7-5-1-3-6(8)4-2-5;1-3-4-8-5(6)9-7-2;2*1-2-3-4;2*3-1-5-2-4;;/h5-8,16-17H,2-4,9-10H2,1H3;1-4,13H,5,7H2;2*1-4H,8H2;3-4H2,1H3,(H3,6,8,9);2*2-4H2,1H3;;;;/q;;;;;;;2*-1;2*+1. The van der Waals surface area contributed by atoms with E-state index < -0.39 is 0 Å². The first-order chi connectivity index (χ1) is 34.9. The quantitative estimate of drug-likeness (QED) is 0.0122. The van der Waals surface area contributed by atoms with Crippen molar-refractivity contribution < 1.29 is 59.1 Å². The SMILES string of the molecule is CCCCC(=N)CC(=N)Cc1ccc(Cl)cc1.CCCN.CCCN.N#CCC(=N)Cc1ccc(Cl)cc1.N#C[N-]C#N.N#C[N-]C#N.Nc1ccc(Cl)cc1.Nc1ccc(Cl)cc1.[C-]#[N+]NC(N)=NCCC.[Na+].[Na+]. The van der Waals surface area contributed by atoms with E-state index in [4.69, 9.17) is 124 Å². The summed E-state index contributed by atoms with van der Waals surface area (Å²) in [5.41, 5.74) is 33.5. The fraction of sp³-hybridized carbons (Fsp3) is 0.333. The van der Waals surface area contributed by atoms with E-state index in [2.05, 4.69) is 46.8 Å². The van der Waals surface area contributed by atoms with Crippen molar-refractivity contribution in [3.8, 4) is 30.8 Å². The van der Waals surface area contributed by atoms with E-state index in [9.17, 15) is 0 Å². The maximum atomic E-state index is 8.35. The minimum atomic E-state index is 0. The van der Waals surface area contributed by atoms with Crippen molar-refractivity contribution >= 4 is 80.9 Å². The van der Waals surface area contributed by atoms with Crippen molar-refractivity contribution in [1.29, 1.82) is 42.5 Å². The molecule has 0 spiro atoms. The van der Waals surface area contributed by atoms with Crippen molar-refractivity contribution in [3.05, 3.63) is 150 Å². The molecule has 0 aliphatic carbocycles. The number of hydrogen-bond acceptors (Lipinski definition) is 13. The fourth-order valence-corrected chi connectivity index (χ4v) is 4.45. The maximum absolute atomic E-state index is 8.35. The van der Waals surface area contributed by atoms with E-state index >= 15 is 0 Å². The minimum absolute atomic E-state index is 0. The second-order valence-corrected chi connectivity index (χ2v) is 15.6. The Morgan fingerprint density at radius 3 is 1.17 bits per heavy atom. The molecule has 0 aromatic heterocycles. The number of nitriles is 5. The van der Waals surface area contributed by atoms with Crippen molar-refractivity contribution in [2.24, 2.45) is 22.2 Å². The zero-order valence-electron chi connectivity index (χ0n) is 43.9. The molecule has 0 radical (unpaired) electrons. The van der Waals surface area contributed by atoms with Crippen molar-refractivity contribution in [2.45, 2.75) is 91.9 Å². The van der Waals surface area contributed by atoms with E-state index in [1.807, 2.05) is 49.4 Å². The topological polar surface area (TPSA) is 378 Å². The molecule has 0 aliphatic heterocycles. The Morgan fingerprint density at radius 2 is 0.920 bits per heavy atom. The monoisotopic (exact) mass is 1120 g/mol. The number of anilines is 2. The predicted molar refractivity (Wildman–Crippen MR) is 304 cm³/mol. The molecule has 4 aromatic carbocycles. The largest absolute Gasteiger partial charge is 1.00 e. The number of benzene rings is 4. The third-order valence-corrected chi connectivity index (χ3v) is 8.41. The van der Waals surface area contributed by atoms with Crippen LogP contribution in [0.25, 0.3) is 15.6 Å². The van der Waals surface area contributed by atoms with Gasteiger partial charge in [0.15, 0.2) is 0 Å². The van der Waals surface area contributed by atoms with E-state index in [1.165, 1.54) is 24.8 Å². The number of nitrogen functional groups attached to an aromatic ring is 2. The Hall–Kier alpha value is -5.62. The number of hydrogen-bond donors (Lipinski definition) is 9. The Morgan fingerprint density at radius 1 is 0.587 bits per heavy atom. The van der Waals surface area contributed by atoms with Crippen LogP contribution in [-0.2, 0) is 12.8 Å². The Bertz CT molecular complexity index is 2170. The molecule has 75 heavy (non-hydrogen) atoms. The molecule has 14 N–H and O–H groups in total. The van der Waals surface area contributed by atoms with Gasteiger partial charge in [0, 0.05) is 99.2 Å². The first-order valence-electron chi connectivity index (χ1n) is 22.2. The van der Waals surface area contributed by atoms with Gasteiger partial charge in [-0.05, 0) is 129 Å². The number of aliphatic imine (C=N–C) groups is 1. The number of nitrogens with one attached hydrogen (secondary N) is 4. The molecule has 0 heterocycles. The average molecular weight is 1120 g/mol. The van der Waals surface area contributed by atoms with Crippen LogP contribution in [-0.4, -0.2) is 42.7 Å². The molecule has 0 fully saturated rings. The molecule has 392 valence electrons. The van der Waals surface area contributed by atoms with Gasteiger partial charge in [-0.1, -0.05) is 110 Å². The van der Waals surface area contributed by atoms with Gasteiger partial charge in [-0.25, -0.2) is 4.99 Å². The van der Waals surface area contributed by atoms with Crippen LogP contribution in [0.4, 0.5) is 11.4 Å². The maximum Gasteiger partial charge on any atom is 1.00 e. The molecule has 4 rings (SSSR count). The van der Waals surface area contributed by atoms with Crippen molar-refractivity contribution in [1.82, 2.24) is 5.43 Å². The molecular weight excluding hydrogens is 1050 g/mol. The van der Waals surface area contributed by atoms with E-state index in [1.54, 1.807) is 60.7 Å². The zero-order valence-corrected chi connectivity index (χ0v) is 50.9. The molecule has 0 amide bonds. The van der Waals surface area contributed by atoms with Gasteiger partial charge in [-0.15, -0.1) is 0 Å². The Labute approximate surface area is 509 Å². The van der Waals surface area contributed by atoms with Crippen LogP contribution in [0.2, 0.25) is 20.1 Å². The normalized spacial score (nSPS) is 8.40. The van der Waals surface area contributed by atoms with Gasteiger partial charge in [0.1, 0.15) is 0 Å². The van der Waals surface area contributed by atoms with Gasteiger partial charge >= 0.3 is 59.1 Å². The smallest absolute Gasteiger partial charge is 0.399 e. The summed E-state index contributed by atoms with van der Waals surface area (Å²) in [4.78, 5) is 6.63. The first-order valence-corrected chi connectivity index (χ1v) is 23.7. The molecule has 18 nitrogen and oxygen atoms in total. The molecule has 4 aromatic rings. The van der Waals surface area contributed by atoms with Gasteiger partial charge < -0.3 is 65.9 Å². The predicted octanol–water partition coefficient (Wildman–Crippen LogP) is 6.66. The third-order valence-electron chi connectivity index (χ3n) is 7.41. The van der Waals surface area contributed by atoms with E-state index in [0.717, 1.165) is 89.2 Å². The number of nitrogens with zero attached hydrogens (tertiary/aromatic N) is 9. The van der Waals surface area contributed by atoms with Gasteiger partial charge in [0.05, 0.1) is 12.5 Å². The number of nitrogens with two attached hydrogens (primary N) is 5. The Kier molecular flexibility index (Phi) is 71.7. The molecule has 0 unspecified atom stereocenters. The van der Waals surface area contributed by atoms with Gasteiger partial charge in [-0.3, -0.25) is 10.6 Å². The van der Waals surface area contributed by atoms with Crippen LogP contribution in [0.15, 0.2) is 102 Å². The minimum Gasteiger partial charge on any atom is -0.399 e. The van der Waals surface area contributed by atoms with Crippen molar-refractivity contribution in [2.75, 3.05) is 31.1 Å². The number of rotatable bonds is 14. The summed E-state index contributed by atoms with van der Waals surface area (Å²) in [5.74, 6) is 0.201. The summed E-state index contributed by atoms with van der Waals surface area (Å²) in [6.45, 7) is 16.9. The van der Waals surface area contributed by atoms with Crippen molar-refractivity contribution in [3.63, 3.8) is 0 Å². The summed E-state index contributed by atoms with van der Waals surface area (Å²) >= 11 is 22.6. The molecule has 0 aliphatic rings. The van der Waals surface area contributed by atoms with Crippen LogP contribution in [0.3, 0.4) is 0 Å². The number of guanidine groups is 1. The van der Waals surface area contributed by atoms with Crippen LogP contribution < -0.4 is 93.2 Å². The number of unbranched alkanes of at least 4 members (excludes halogenated alkanes) is 1. The first kappa shape index (κ1) is 83.4. The average Bonchev–Trinajstić information content (AvgIpc) is 3.38. The fourth-order valence-electron chi connectivity index (χ4n) is 3.95. The molecule has 24 heteroatoms. The van der Waals surface area contributed by atoms with Gasteiger partial charge in [-0.2, -0.15) is 16.8 Å². The van der Waals surface area contributed by atoms with E-state index in [0.29, 0.717) is 48.0 Å². The summed E-state index contributed by atoms with van der Waals surface area (Å²) in [5, 5.41) is 69.1. The summed E-state index contributed by atoms with van der Waals surface area (Å²) in [6, 6.07) is 30.9. The van der Waals surface area contributed by atoms with Crippen LogP contribution in [0.5, 0.6) is 0 Å².